The first-order chi connectivity index (χ1) is 13.9. The van der Waals surface area contributed by atoms with Gasteiger partial charge in [-0.15, -0.1) is 5.10 Å². The highest BCUT2D eigenvalue weighted by Gasteiger charge is 2.29. The number of aromatic nitrogens is 4. The summed E-state index contributed by atoms with van der Waals surface area (Å²) in [7, 11) is 0. The van der Waals surface area contributed by atoms with E-state index in [1.807, 2.05) is 0 Å². The van der Waals surface area contributed by atoms with Crippen LogP contribution < -0.4 is 10.6 Å². The van der Waals surface area contributed by atoms with Crippen LogP contribution >= 0.6 is 0 Å². The van der Waals surface area contributed by atoms with E-state index in [4.69, 9.17) is 4.74 Å². The molecule has 0 bridgehead atoms. The van der Waals surface area contributed by atoms with Crippen LogP contribution in [0.3, 0.4) is 0 Å². The monoisotopic (exact) mass is 396 g/mol. The fraction of sp³-hybridized carbons (Fsp3) is 0.263. The number of carbonyl (C=O) groups excluding carboxylic acids is 3. The van der Waals surface area contributed by atoms with Crippen LogP contribution in [0.2, 0.25) is 0 Å². The van der Waals surface area contributed by atoms with E-state index in [1.54, 1.807) is 57.2 Å². The zero-order valence-corrected chi connectivity index (χ0v) is 16.2. The van der Waals surface area contributed by atoms with Crippen molar-refractivity contribution in [3.63, 3.8) is 0 Å². The standard InChI is InChI=1S/C19H20N6O4/c1-4-20-19(28)23-16(26)14(13-8-6-5-7-9-13)29-17(27)15-22-18-21-11(2)10-12(3)25(18)24-15/h5-10,14H,4H2,1-3H3,(H2,20,23,26,28)/t14-/m0/s1. The largest absolute Gasteiger partial charge is 0.441 e. The first-order valence-corrected chi connectivity index (χ1v) is 8.94. The van der Waals surface area contributed by atoms with E-state index in [-0.39, 0.29) is 11.6 Å². The minimum Gasteiger partial charge on any atom is -0.441 e. The van der Waals surface area contributed by atoms with Crippen LogP contribution in [0.15, 0.2) is 36.4 Å². The lowest BCUT2D eigenvalue weighted by Crippen LogP contribution is -2.42. The second kappa shape index (κ2) is 8.46. The molecule has 3 aromatic rings. The van der Waals surface area contributed by atoms with Crippen molar-refractivity contribution < 1.29 is 19.1 Å². The average molecular weight is 396 g/mol. The molecule has 150 valence electrons. The molecule has 0 radical (unpaired) electrons. The number of nitrogens with zero attached hydrogens (tertiary/aromatic N) is 4. The van der Waals surface area contributed by atoms with E-state index in [0.717, 1.165) is 11.4 Å². The smallest absolute Gasteiger partial charge is 0.379 e. The van der Waals surface area contributed by atoms with Crippen LogP contribution in [0.5, 0.6) is 0 Å². The van der Waals surface area contributed by atoms with E-state index in [2.05, 4.69) is 25.7 Å². The second-order valence-electron chi connectivity index (χ2n) is 6.23. The average Bonchev–Trinajstić information content (AvgIpc) is 3.11. The van der Waals surface area contributed by atoms with Crippen molar-refractivity contribution in [2.75, 3.05) is 6.54 Å². The molecule has 3 rings (SSSR count). The normalized spacial score (nSPS) is 11.7. The van der Waals surface area contributed by atoms with Gasteiger partial charge in [-0.25, -0.2) is 19.1 Å². The SMILES string of the molecule is CCNC(=O)NC(=O)[C@@H](OC(=O)c1nc2nc(C)cc(C)n2n1)c1ccccc1. The van der Waals surface area contributed by atoms with Crippen LogP contribution in [-0.2, 0) is 9.53 Å². The number of urea groups is 1. The third-order valence-electron chi connectivity index (χ3n) is 3.94. The molecular formula is C19H20N6O4. The molecule has 0 aliphatic heterocycles. The van der Waals surface area contributed by atoms with Gasteiger partial charge < -0.3 is 10.1 Å². The Bertz CT molecular complexity index is 1060. The highest BCUT2D eigenvalue weighted by molar-refractivity contribution is 5.98. The fourth-order valence-electron chi connectivity index (χ4n) is 2.70. The number of benzene rings is 1. The van der Waals surface area contributed by atoms with Gasteiger partial charge in [0.05, 0.1) is 0 Å². The predicted molar refractivity (Wildman–Crippen MR) is 102 cm³/mol. The summed E-state index contributed by atoms with van der Waals surface area (Å²) < 4.78 is 6.78. The Hall–Kier alpha value is -3.82. The van der Waals surface area contributed by atoms with Crippen molar-refractivity contribution in [3.05, 3.63) is 59.2 Å². The molecule has 2 aromatic heterocycles. The van der Waals surface area contributed by atoms with Gasteiger partial charge in [-0.1, -0.05) is 30.3 Å². The Morgan fingerprint density at radius 2 is 1.86 bits per heavy atom. The number of amides is 3. The van der Waals surface area contributed by atoms with Crippen molar-refractivity contribution in [2.24, 2.45) is 0 Å². The number of fused-ring (bicyclic) bond motifs is 1. The van der Waals surface area contributed by atoms with Gasteiger partial charge in [0.1, 0.15) is 0 Å². The molecule has 3 amide bonds. The van der Waals surface area contributed by atoms with Crippen LogP contribution in [0.4, 0.5) is 4.79 Å². The van der Waals surface area contributed by atoms with Gasteiger partial charge in [0.15, 0.2) is 0 Å². The maximum absolute atomic E-state index is 12.6. The summed E-state index contributed by atoms with van der Waals surface area (Å²) in [6.07, 6.45) is -1.35. The van der Waals surface area contributed by atoms with Crippen LogP contribution in [0.25, 0.3) is 5.78 Å². The number of esters is 1. The first-order valence-electron chi connectivity index (χ1n) is 8.94. The summed E-state index contributed by atoms with van der Waals surface area (Å²) in [4.78, 5) is 45.2. The summed E-state index contributed by atoms with van der Waals surface area (Å²) in [5.41, 5.74) is 1.87. The first kappa shape index (κ1) is 19.9. The fourth-order valence-corrected chi connectivity index (χ4v) is 2.70. The number of hydrogen-bond donors (Lipinski definition) is 2. The van der Waals surface area contributed by atoms with E-state index < -0.39 is 24.0 Å². The van der Waals surface area contributed by atoms with Gasteiger partial charge in [0.25, 0.3) is 17.5 Å². The number of carbonyl (C=O) groups is 3. The van der Waals surface area contributed by atoms with E-state index in [0.29, 0.717) is 12.1 Å². The minimum absolute atomic E-state index is 0.238. The molecule has 2 N–H and O–H groups in total. The molecule has 0 aliphatic carbocycles. The summed E-state index contributed by atoms with van der Waals surface area (Å²) in [5, 5.41) is 8.71. The molecule has 0 unspecified atom stereocenters. The lowest BCUT2D eigenvalue weighted by atomic mass is 10.1. The van der Waals surface area contributed by atoms with Gasteiger partial charge in [0, 0.05) is 23.5 Å². The molecule has 0 saturated carbocycles. The number of aryl methyl sites for hydroxylation is 2. The number of rotatable bonds is 5. The molecule has 1 atom stereocenters. The summed E-state index contributed by atoms with van der Waals surface area (Å²) in [6, 6.07) is 9.47. The predicted octanol–water partition coefficient (Wildman–Crippen LogP) is 1.48. The lowest BCUT2D eigenvalue weighted by molar-refractivity contribution is -0.129. The highest BCUT2D eigenvalue weighted by atomic mass is 16.5. The van der Waals surface area contributed by atoms with Crippen molar-refractivity contribution in [2.45, 2.75) is 26.9 Å². The van der Waals surface area contributed by atoms with Crippen LogP contribution in [-0.4, -0.2) is 44.0 Å². The molecule has 0 saturated heterocycles. The second-order valence-corrected chi connectivity index (χ2v) is 6.23. The Kier molecular flexibility index (Phi) is 5.82. The highest BCUT2D eigenvalue weighted by Crippen LogP contribution is 2.19. The van der Waals surface area contributed by atoms with Crippen LogP contribution in [0.1, 0.15) is 40.6 Å². The molecule has 0 aliphatic rings. The summed E-state index contributed by atoms with van der Waals surface area (Å²) >= 11 is 0. The van der Waals surface area contributed by atoms with E-state index in [1.165, 1.54) is 4.52 Å². The molecule has 0 fully saturated rings. The van der Waals surface area contributed by atoms with Crippen molar-refractivity contribution in [3.8, 4) is 0 Å². The Labute approximate surface area is 166 Å². The number of hydrogen-bond acceptors (Lipinski definition) is 7. The maximum Gasteiger partial charge on any atom is 0.379 e. The van der Waals surface area contributed by atoms with Crippen molar-refractivity contribution >= 4 is 23.7 Å². The minimum atomic E-state index is -1.35. The number of ether oxygens (including phenoxy) is 1. The van der Waals surface area contributed by atoms with E-state index in [9.17, 15) is 14.4 Å². The Balaban J connectivity index is 1.87. The summed E-state index contributed by atoms with van der Waals surface area (Å²) in [5.74, 6) is -1.69. The Morgan fingerprint density at radius 1 is 1.14 bits per heavy atom. The molecule has 2 heterocycles. The summed E-state index contributed by atoms with van der Waals surface area (Å²) in [6.45, 7) is 5.66. The van der Waals surface area contributed by atoms with E-state index >= 15 is 0 Å². The van der Waals surface area contributed by atoms with Crippen LogP contribution in [0, 0.1) is 13.8 Å². The van der Waals surface area contributed by atoms with Gasteiger partial charge >= 0.3 is 12.0 Å². The topological polar surface area (TPSA) is 128 Å². The molecule has 29 heavy (non-hydrogen) atoms. The van der Waals surface area contributed by atoms with Crippen molar-refractivity contribution in [1.82, 2.24) is 30.2 Å². The van der Waals surface area contributed by atoms with Crippen molar-refractivity contribution in [1.29, 1.82) is 0 Å². The zero-order chi connectivity index (χ0) is 21.0. The molecular weight excluding hydrogens is 376 g/mol. The maximum atomic E-state index is 12.6. The molecule has 10 heteroatoms. The lowest BCUT2D eigenvalue weighted by Gasteiger charge is -2.16. The van der Waals surface area contributed by atoms with Gasteiger partial charge in [-0.05, 0) is 26.8 Å². The number of nitrogens with one attached hydrogen (secondary N) is 2. The third kappa shape index (κ3) is 4.54. The molecule has 0 spiro atoms. The quantitative estimate of drug-likeness (QED) is 0.625. The Morgan fingerprint density at radius 3 is 2.55 bits per heavy atom. The van der Waals surface area contributed by atoms with Gasteiger partial charge in [-0.2, -0.15) is 4.98 Å². The zero-order valence-electron chi connectivity index (χ0n) is 16.2. The molecule has 10 nitrogen and oxygen atoms in total. The van der Waals surface area contributed by atoms with Gasteiger partial charge in [-0.3, -0.25) is 10.1 Å². The number of imide groups is 1. The van der Waals surface area contributed by atoms with Gasteiger partial charge in [0.2, 0.25) is 6.10 Å². The third-order valence-corrected chi connectivity index (χ3v) is 3.94. The molecule has 1 aromatic carbocycles.